The minimum absolute atomic E-state index is 0.733. The number of rotatable bonds is 0. The van der Waals surface area contributed by atoms with Crippen LogP contribution >= 0.6 is 15.9 Å². The first-order valence-corrected chi connectivity index (χ1v) is 6.09. The maximum atomic E-state index is 5.28. The third-order valence-electron chi connectivity index (χ3n) is 2.72. The Morgan fingerprint density at radius 3 is 3.19 bits per heavy atom. The summed E-state index contributed by atoms with van der Waals surface area (Å²) in [6, 6.07) is 8.32. The monoisotopic (exact) mass is 278 g/mol. The number of aryl methyl sites for hydroxylation is 1. The van der Waals surface area contributed by atoms with Crippen LogP contribution in [0, 0.1) is 0 Å². The molecule has 1 N–H and O–H groups in total. The van der Waals surface area contributed by atoms with Crippen LogP contribution in [0.25, 0.3) is 10.9 Å². The Hall–Kier alpha value is -1.13. The summed E-state index contributed by atoms with van der Waals surface area (Å²) in [6.45, 7) is 0.733. The quantitative estimate of drug-likeness (QED) is 0.803. The summed E-state index contributed by atoms with van der Waals surface area (Å²) in [6.07, 6.45) is 2.05. The highest BCUT2D eigenvalue weighted by molar-refractivity contribution is 9.10. The smallest absolute Gasteiger partial charge is 0.153 e. The second kappa shape index (κ2) is 4.03. The highest BCUT2D eigenvalue weighted by Crippen LogP contribution is 2.25. The van der Waals surface area contributed by atoms with Gasteiger partial charge in [0.15, 0.2) is 5.82 Å². The Bertz CT molecular complexity index is 542. The van der Waals surface area contributed by atoms with E-state index in [0.29, 0.717) is 0 Å². The molecule has 1 aliphatic heterocycles. The van der Waals surface area contributed by atoms with Gasteiger partial charge in [0.2, 0.25) is 0 Å². The van der Waals surface area contributed by atoms with Gasteiger partial charge >= 0.3 is 0 Å². The summed E-state index contributed by atoms with van der Waals surface area (Å²) < 4.78 is 1.04. The molecule has 2 heterocycles. The van der Waals surface area contributed by atoms with Crippen LogP contribution in [0.3, 0.4) is 0 Å². The molecule has 3 nitrogen and oxygen atoms in total. The Morgan fingerprint density at radius 2 is 2.25 bits per heavy atom. The van der Waals surface area contributed by atoms with Crippen LogP contribution < -0.4 is 5.48 Å². The van der Waals surface area contributed by atoms with E-state index in [1.165, 1.54) is 10.9 Å². The van der Waals surface area contributed by atoms with Crippen LogP contribution in [0.4, 0.5) is 5.82 Å². The molecule has 1 aromatic heterocycles. The zero-order valence-corrected chi connectivity index (χ0v) is 10.3. The number of anilines is 1. The van der Waals surface area contributed by atoms with Gasteiger partial charge in [0, 0.05) is 9.86 Å². The van der Waals surface area contributed by atoms with Crippen molar-refractivity contribution in [3.63, 3.8) is 0 Å². The van der Waals surface area contributed by atoms with Gasteiger partial charge in [-0.05, 0) is 36.6 Å². The summed E-state index contributed by atoms with van der Waals surface area (Å²) in [5.41, 5.74) is 5.12. The van der Waals surface area contributed by atoms with E-state index in [0.717, 1.165) is 35.3 Å². The minimum atomic E-state index is 0.733. The average Bonchev–Trinajstić information content (AvgIpc) is 2.50. The minimum Gasteiger partial charge on any atom is -0.275 e. The highest BCUT2D eigenvalue weighted by atomic mass is 79.9. The van der Waals surface area contributed by atoms with Gasteiger partial charge in [-0.15, -0.1) is 0 Å². The molecule has 1 aliphatic rings. The van der Waals surface area contributed by atoms with Gasteiger partial charge in [-0.2, -0.15) is 0 Å². The molecule has 0 aliphatic carbocycles. The lowest BCUT2D eigenvalue weighted by atomic mass is 10.1. The zero-order valence-electron chi connectivity index (χ0n) is 8.66. The van der Waals surface area contributed by atoms with Crippen molar-refractivity contribution in [3.05, 3.63) is 34.3 Å². The number of halogens is 1. The van der Waals surface area contributed by atoms with Gasteiger partial charge < -0.3 is 0 Å². The van der Waals surface area contributed by atoms with Crippen molar-refractivity contribution in [2.45, 2.75) is 12.8 Å². The molecule has 0 amide bonds. The van der Waals surface area contributed by atoms with Gasteiger partial charge in [-0.3, -0.25) is 4.84 Å². The third-order valence-corrected chi connectivity index (χ3v) is 3.21. The number of nitrogens with one attached hydrogen (secondary N) is 1. The van der Waals surface area contributed by atoms with E-state index in [-0.39, 0.29) is 0 Å². The number of pyridine rings is 1. The summed E-state index contributed by atoms with van der Waals surface area (Å²) >= 11 is 3.45. The molecule has 0 atom stereocenters. The Morgan fingerprint density at radius 1 is 1.31 bits per heavy atom. The largest absolute Gasteiger partial charge is 0.275 e. The summed E-state index contributed by atoms with van der Waals surface area (Å²) in [5.74, 6) is 0.850. The van der Waals surface area contributed by atoms with Crippen molar-refractivity contribution >= 4 is 32.7 Å². The van der Waals surface area contributed by atoms with Gasteiger partial charge in [0.1, 0.15) is 0 Å². The highest BCUT2D eigenvalue weighted by Gasteiger charge is 2.10. The van der Waals surface area contributed by atoms with E-state index in [9.17, 15) is 0 Å². The molecule has 0 spiro atoms. The number of hydrogen-bond donors (Lipinski definition) is 1. The average molecular weight is 279 g/mol. The first-order chi connectivity index (χ1) is 7.83. The normalized spacial score (nSPS) is 15.3. The maximum absolute atomic E-state index is 5.28. The maximum Gasteiger partial charge on any atom is 0.153 e. The fraction of sp³-hybridized carbons (Fsp3) is 0.250. The molecule has 3 rings (SSSR count). The zero-order chi connectivity index (χ0) is 11.0. The second-order valence-corrected chi connectivity index (χ2v) is 4.80. The van der Waals surface area contributed by atoms with E-state index in [2.05, 4.69) is 38.5 Å². The lowest BCUT2D eigenvalue weighted by Gasteiger charge is -2.07. The molecule has 0 bridgehead atoms. The predicted molar refractivity (Wildman–Crippen MR) is 67.3 cm³/mol. The van der Waals surface area contributed by atoms with E-state index < -0.39 is 0 Å². The topological polar surface area (TPSA) is 34.2 Å². The number of fused-ring (bicyclic) bond motifs is 2. The van der Waals surface area contributed by atoms with Crippen molar-refractivity contribution in [2.75, 3.05) is 12.1 Å². The molecule has 16 heavy (non-hydrogen) atoms. The molecule has 0 unspecified atom stereocenters. The molecular formula is C12H11BrN2O. The standard InChI is InChI=1S/C12H11BrN2O/c13-10-4-3-8-6-9-2-1-5-16-15-12(9)14-11(8)7-10/h3-4,6-7H,1-2,5H2,(H,14,15). The van der Waals surface area contributed by atoms with E-state index in [4.69, 9.17) is 4.84 Å². The van der Waals surface area contributed by atoms with Gasteiger partial charge in [-0.1, -0.05) is 22.0 Å². The predicted octanol–water partition coefficient (Wildman–Crippen LogP) is 3.29. The summed E-state index contributed by atoms with van der Waals surface area (Å²) in [5, 5.41) is 1.17. The summed E-state index contributed by atoms with van der Waals surface area (Å²) in [4.78, 5) is 9.85. The number of benzene rings is 1. The third kappa shape index (κ3) is 1.79. The van der Waals surface area contributed by atoms with Gasteiger partial charge in [-0.25, -0.2) is 10.5 Å². The van der Waals surface area contributed by atoms with Gasteiger partial charge in [0.25, 0.3) is 0 Å². The molecule has 0 fully saturated rings. The number of hydrogen-bond acceptors (Lipinski definition) is 3. The van der Waals surface area contributed by atoms with Crippen molar-refractivity contribution in [1.29, 1.82) is 0 Å². The lowest BCUT2D eigenvalue weighted by molar-refractivity contribution is 0.195. The van der Waals surface area contributed by atoms with E-state index in [1.807, 2.05) is 12.1 Å². The van der Waals surface area contributed by atoms with E-state index >= 15 is 0 Å². The van der Waals surface area contributed by atoms with Crippen LogP contribution in [0.2, 0.25) is 0 Å². The lowest BCUT2D eigenvalue weighted by Crippen LogP contribution is -2.01. The van der Waals surface area contributed by atoms with Crippen molar-refractivity contribution < 1.29 is 4.84 Å². The van der Waals surface area contributed by atoms with Crippen LogP contribution in [0.5, 0.6) is 0 Å². The fourth-order valence-corrected chi connectivity index (χ4v) is 2.27. The Balaban J connectivity index is 2.20. The fourth-order valence-electron chi connectivity index (χ4n) is 1.92. The molecule has 2 aromatic rings. The van der Waals surface area contributed by atoms with Crippen molar-refractivity contribution in [3.8, 4) is 0 Å². The molecule has 0 saturated heterocycles. The SMILES string of the molecule is Brc1ccc2cc3c(nc2c1)NOCCC3. The Kier molecular flexibility index (Phi) is 2.53. The van der Waals surface area contributed by atoms with E-state index in [1.54, 1.807) is 0 Å². The van der Waals surface area contributed by atoms with Crippen molar-refractivity contribution in [2.24, 2.45) is 0 Å². The molecule has 0 saturated carbocycles. The molecule has 0 radical (unpaired) electrons. The molecule has 4 heteroatoms. The summed E-state index contributed by atoms with van der Waals surface area (Å²) in [7, 11) is 0. The molecular weight excluding hydrogens is 268 g/mol. The van der Waals surface area contributed by atoms with Crippen LogP contribution in [0.15, 0.2) is 28.7 Å². The Labute approximate surface area is 102 Å². The first-order valence-electron chi connectivity index (χ1n) is 5.30. The van der Waals surface area contributed by atoms with Crippen LogP contribution in [-0.2, 0) is 11.3 Å². The first kappa shape index (κ1) is 10.1. The van der Waals surface area contributed by atoms with Crippen LogP contribution in [0.1, 0.15) is 12.0 Å². The number of nitrogens with zero attached hydrogens (tertiary/aromatic N) is 1. The molecule has 82 valence electrons. The molecule has 1 aromatic carbocycles. The van der Waals surface area contributed by atoms with Crippen molar-refractivity contribution in [1.82, 2.24) is 4.98 Å². The van der Waals surface area contributed by atoms with Gasteiger partial charge in [0.05, 0.1) is 12.1 Å². The second-order valence-electron chi connectivity index (χ2n) is 3.89. The number of aromatic nitrogens is 1. The van der Waals surface area contributed by atoms with Crippen LogP contribution in [-0.4, -0.2) is 11.6 Å².